The largest absolute Gasteiger partial charge is 0.295 e. The van der Waals surface area contributed by atoms with Crippen LogP contribution in [-0.2, 0) is 6.54 Å². The lowest BCUT2D eigenvalue weighted by Crippen LogP contribution is -2.47. The highest BCUT2D eigenvalue weighted by Crippen LogP contribution is 2.22. The van der Waals surface area contributed by atoms with Gasteiger partial charge in [0.05, 0.1) is 11.7 Å². The summed E-state index contributed by atoms with van der Waals surface area (Å²) in [5.74, 6) is 0. The van der Waals surface area contributed by atoms with Crippen molar-refractivity contribution >= 4 is 0 Å². The summed E-state index contributed by atoms with van der Waals surface area (Å²) in [7, 11) is 0. The molecule has 2 aromatic heterocycles. The molecule has 0 aliphatic carbocycles. The molecule has 3 heterocycles. The van der Waals surface area contributed by atoms with Crippen LogP contribution < -0.4 is 0 Å². The Balaban J connectivity index is 1.36. The zero-order chi connectivity index (χ0) is 14.1. The first kappa shape index (κ1) is 12.3. The molecular formula is C16H17N5. The van der Waals surface area contributed by atoms with E-state index in [1.165, 1.54) is 5.56 Å². The van der Waals surface area contributed by atoms with Gasteiger partial charge >= 0.3 is 0 Å². The van der Waals surface area contributed by atoms with E-state index < -0.39 is 0 Å². The Labute approximate surface area is 123 Å². The quantitative estimate of drug-likeness (QED) is 0.734. The molecule has 0 radical (unpaired) electrons. The number of aromatic nitrogens is 4. The van der Waals surface area contributed by atoms with Crippen LogP contribution in [0.5, 0.6) is 0 Å². The van der Waals surface area contributed by atoms with Gasteiger partial charge in [0, 0.05) is 44.4 Å². The molecule has 1 aliphatic rings. The van der Waals surface area contributed by atoms with Gasteiger partial charge in [0.1, 0.15) is 0 Å². The smallest absolute Gasteiger partial charge is 0.0773 e. The van der Waals surface area contributed by atoms with E-state index in [1.54, 1.807) is 6.20 Å². The molecule has 1 aromatic carbocycles. The molecule has 21 heavy (non-hydrogen) atoms. The van der Waals surface area contributed by atoms with E-state index in [0.717, 1.165) is 25.3 Å². The van der Waals surface area contributed by atoms with Crippen LogP contribution in [0.15, 0.2) is 61.2 Å². The second kappa shape index (κ2) is 5.18. The van der Waals surface area contributed by atoms with Crippen LogP contribution >= 0.6 is 0 Å². The van der Waals surface area contributed by atoms with Crippen LogP contribution in [0, 0.1) is 0 Å². The summed E-state index contributed by atoms with van der Waals surface area (Å²) >= 11 is 0. The maximum Gasteiger partial charge on any atom is 0.0773 e. The fourth-order valence-corrected chi connectivity index (χ4v) is 2.77. The van der Waals surface area contributed by atoms with Crippen molar-refractivity contribution in [3.8, 4) is 5.69 Å². The van der Waals surface area contributed by atoms with E-state index in [-0.39, 0.29) is 0 Å². The van der Waals surface area contributed by atoms with Crippen molar-refractivity contribution in [2.45, 2.75) is 12.6 Å². The second-order valence-electron chi connectivity index (χ2n) is 5.45. The van der Waals surface area contributed by atoms with Gasteiger partial charge in [0.15, 0.2) is 0 Å². The molecule has 1 aliphatic heterocycles. The molecular weight excluding hydrogens is 262 g/mol. The third-order valence-corrected chi connectivity index (χ3v) is 3.95. The highest BCUT2D eigenvalue weighted by molar-refractivity contribution is 5.33. The van der Waals surface area contributed by atoms with E-state index >= 15 is 0 Å². The zero-order valence-corrected chi connectivity index (χ0v) is 11.7. The Morgan fingerprint density at radius 1 is 0.952 bits per heavy atom. The monoisotopic (exact) mass is 279 g/mol. The molecule has 0 spiro atoms. The summed E-state index contributed by atoms with van der Waals surface area (Å²) in [6.45, 7) is 3.14. The van der Waals surface area contributed by atoms with Gasteiger partial charge in [-0.3, -0.25) is 9.58 Å². The van der Waals surface area contributed by atoms with E-state index in [2.05, 4.69) is 44.0 Å². The third kappa shape index (κ3) is 2.48. The van der Waals surface area contributed by atoms with Crippen LogP contribution in [0.3, 0.4) is 0 Å². The van der Waals surface area contributed by atoms with Crippen molar-refractivity contribution in [2.75, 3.05) is 13.1 Å². The van der Waals surface area contributed by atoms with Gasteiger partial charge in [-0.1, -0.05) is 12.1 Å². The molecule has 0 amide bonds. The van der Waals surface area contributed by atoms with Gasteiger partial charge in [-0.25, -0.2) is 4.68 Å². The van der Waals surface area contributed by atoms with Crippen molar-refractivity contribution in [1.29, 1.82) is 0 Å². The van der Waals surface area contributed by atoms with Gasteiger partial charge in [0.25, 0.3) is 0 Å². The summed E-state index contributed by atoms with van der Waals surface area (Å²) in [6.07, 6.45) is 7.64. The normalized spacial score (nSPS) is 16.0. The van der Waals surface area contributed by atoms with Gasteiger partial charge in [0.2, 0.25) is 0 Å². The minimum atomic E-state index is 0.531. The first-order chi connectivity index (χ1) is 10.4. The number of rotatable bonds is 4. The zero-order valence-electron chi connectivity index (χ0n) is 11.7. The van der Waals surface area contributed by atoms with Crippen LogP contribution in [0.25, 0.3) is 5.69 Å². The highest BCUT2D eigenvalue weighted by atomic mass is 15.4. The molecule has 1 fully saturated rings. The lowest BCUT2D eigenvalue weighted by Gasteiger charge is -2.39. The molecule has 5 heteroatoms. The summed E-state index contributed by atoms with van der Waals surface area (Å²) in [4.78, 5) is 2.44. The fourth-order valence-electron chi connectivity index (χ4n) is 2.77. The molecule has 1 saturated heterocycles. The van der Waals surface area contributed by atoms with Crippen molar-refractivity contribution in [3.63, 3.8) is 0 Å². The highest BCUT2D eigenvalue weighted by Gasteiger charge is 2.27. The Morgan fingerprint density at radius 3 is 2.38 bits per heavy atom. The van der Waals surface area contributed by atoms with Crippen molar-refractivity contribution in [2.24, 2.45) is 0 Å². The molecule has 0 saturated carbocycles. The molecule has 3 aromatic rings. The lowest BCUT2D eigenvalue weighted by atomic mass is 10.1. The summed E-state index contributed by atoms with van der Waals surface area (Å²) in [5, 5.41) is 8.54. The number of hydrogen-bond acceptors (Lipinski definition) is 3. The number of hydrogen-bond donors (Lipinski definition) is 0. The summed E-state index contributed by atoms with van der Waals surface area (Å²) in [6, 6.07) is 13.0. The van der Waals surface area contributed by atoms with Crippen molar-refractivity contribution < 1.29 is 0 Å². The Kier molecular flexibility index (Phi) is 3.05. The van der Waals surface area contributed by atoms with E-state index in [4.69, 9.17) is 0 Å². The fraction of sp³-hybridized carbons (Fsp3) is 0.250. The lowest BCUT2D eigenvalue weighted by molar-refractivity contribution is 0.0909. The Morgan fingerprint density at radius 2 is 1.71 bits per heavy atom. The number of nitrogens with zero attached hydrogens (tertiary/aromatic N) is 5. The van der Waals surface area contributed by atoms with Gasteiger partial charge < -0.3 is 0 Å². The van der Waals surface area contributed by atoms with Crippen molar-refractivity contribution in [3.05, 3.63) is 66.7 Å². The average molecular weight is 279 g/mol. The maximum atomic E-state index is 4.30. The molecule has 4 rings (SSSR count). The van der Waals surface area contributed by atoms with E-state index in [9.17, 15) is 0 Å². The van der Waals surface area contributed by atoms with E-state index in [1.807, 2.05) is 35.4 Å². The minimum Gasteiger partial charge on any atom is -0.295 e. The molecule has 5 nitrogen and oxygen atoms in total. The Bertz CT molecular complexity index is 679. The summed E-state index contributed by atoms with van der Waals surface area (Å²) in [5.41, 5.74) is 2.44. The SMILES string of the molecule is c1cnn(-c2ccc(CN3CC(n4cccn4)C3)cc2)c1. The predicted molar refractivity (Wildman–Crippen MR) is 80.1 cm³/mol. The maximum absolute atomic E-state index is 4.30. The third-order valence-electron chi connectivity index (χ3n) is 3.95. The first-order valence-electron chi connectivity index (χ1n) is 7.19. The summed E-state index contributed by atoms with van der Waals surface area (Å²) < 4.78 is 3.93. The molecule has 0 bridgehead atoms. The first-order valence-corrected chi connectivity index (χ1v) is 7.19. The van der Waals surface area contributed by atoms with E-state index in [0.29, 0.717) is 6.04 Å². The predicted octanol–water partition coefficient (Wildman–Crippen LogP) is 2.13. The molecule has 106 valence electrons. The molecule has 0 atom stereocenters. The number of benzene rings is 1. The minimum absolute atomic E-state index is 0.531. The van der Waals surface area contributed by atoms with Gasteiger partial charge in [-0.05, 0) is 29.8 Å². The van der Waals surface area contributed by atoms with Crippen LogP contribution in [0.1, 0.15) is 11.6 Å². The molecule has 0 N–H and O–H groups in total. The van der Waals surface area contributed by atoms with Crippen LogP contribution in [-0.4, -0.2) is 37.6 Å². The standard InChI is InChI=1S/C16H17N5/c1-7-17-20(9-1)15-5-3-14(4-6-15)11-19-12-16(13-19)21-10-2-8-18-21/h1-10,16H,11-13H2. The number of likely N-dealkylation sites (tertiary alicyclic amines) is 1. The van der Waals surface area contributed by atoms with Crippen LogP contribution in [0.4, 0.5) is 0 Å². The van der Waals surface area contributed by atoms with Crippen LogP contribution in [0.2, 0.25) is 0 Å². The Hall–Kier alpha value is -2.40. The second-order valence-corrected chi connectivity index (χ2v) is 5.45. The average Bonchev–Trinajstić information content (AvgIpc) is 3.16. The molecule has 0 unspecified atom stereocenters. The topological polar surface area (TPSA) is 38.9 Å². The van der Waals surface area contributed by atoms with Gasteiger partial charge in [-0.15, -0.1) is 0 Å². The van der Waals surface area contributed by atoms with Crippen molar-refractivity contribution in [1.82, 2.24) is 24.5 Å². The van der Waals surface area contributed by atoms with Gasteiger partial charge in [-0.2, -0.15) is 10.2 Å².